The number of amides is 1. The summed E-state index contributed by atoms with van der Waals surface area (Å²) in [6, 6.07) is 7.50. The molecule has 8 heteroatoms. The van der Waals surface area contributed by atoms with Crippen molar-refractivity contribution in [1.82, 2.24) is 15.0 Å². The molecule has 1 amide bonds. The molecule has 1 aromatic heterocycles. The number of ether oxygens (including phenoxy) is 1. The lowest BCUT2D eigenvalue weighted by atomic mass is 10.1. The first-order valence-corrected chi connectivity index (χ1v) is 9.01. The predicted molar refractivity (Wildman–Crippen MR) is 108 cm³/mol. The topological polar surface area (TPSA) is 71.5 Å². The fourth-order valence-corrected chi connectivity index (χ4v) is 2.77. The molecule has 1 aliphatic rings. The van der Waals surface area contributed by atoms with Gasteiger partial charge in [-0.1, -0.05) is 24.6 Å². The molecule has 0 saturated carbocycles. The number of morpholine rings is 1. The van der Waals surface area contributed by atoms with Crippen LogP contribution in [0.4, 0.5) is 11.9 Å². The number of hydrogen-bond acceptors (Lipinski definition) is 6. The highest BCUT2D eigenvalue weighted by molar-refractivity contribution is 6.04. The number of halogens is 1. The van der Waals surface area contributed by atoms with Crippen LogP contribution in [0.25, 0.3) is 0 Å². The molecular weight excluding hydrogens is 366 g/mol. The van der Waals surface area contributed by atoms with Gasteiger partial charge in [0, 0.05) is 32.1 Å². The van der Waals surface area contributed by atoms with Crippen LogP contribution >= 0.6 is 12.4 Å². The van der Waals surface area contributed by atoms with E-state index >= 15 is 0 Å². The molecule has 0 radical (unpaired) electrons. The molecule has 1 aromatic carbocycles. The lowest BCUT2D eigenvalue weighted by Gasteiger charge is -2.27. The molecule has 0 aliphatic carbocycles. The van der Waals surface area contributed by atoms with Crippen molar-refractivity contribution in [3.05, 3.63) is 41.2 Å². The standard InChI is InChI=1S/C19H25N5O2.ClH/c1-4-5-16-20-18(22-19(21-16)24-10-12-26-13-11-24)23(3)17(25)15-8-6-14(2)7-9-15;/h6-9H,4-5,10-13H2,1-3H3;1H. The van der Waals surface area contributed by atoms with Crippen LogP contribution in [0.15, 0.2) is 24.3 Å². The van der Waals surface area contributed by atoms with E-state index in [1.807, 2.05) is 31.2 Å². The van der Waals surface area contributed by atoms with Gasteiger partial charge in [-0.3, -0.25) is 9.69 Å². The molecule has 1 saturated heterocycles. The zero-order valence-electron chi connectivity index (χ0n) is 16.0. The summed E-state index contributed by atoms with van der Waals surface area (Å²) in [5.41, 5.74) is 1.73. The molecule has 0 spiro atoms. The van der Waals surface area contributed by atoms with E-state index in [1.165, 1.54) is 4.90 Å². The van der Waals surface area contributed by atoms with Crippen LogP contribution in [0.5, 0.6) is 0 Å². The van der Waals surface area contributed by atoms with Gasteiger partial charge in [0.05, 0.1) is 13.2 Å². The fourth-order valence-electron chi connectivity index (χ4n) is 2.77. The number of rotatable bonds is 5. The van der Waals surface area contributed by atoms with Gasteiger partial charge in [-0.25, -0.2) is 0 Å². The maximum absolute atomic E-state index is 12.8. The molecule has 2 aromatic rings. The minimum atomic E-state index is -0.133. The second-order valence-electron chi connectivity index (χ2n) is 6.43. The quantitative estimate of drug-likeness (QED) is 0.780. The third-order valence-electron chi connectivity index (χ3n) is 4.33. The Hall–Kier alpha value is -2.25. The summed E-state index contributed by atoms with van der Waals surface area (Å²) in [5.74, 6) is 1.58. The van der Waals surface area contributed by atoms with Gasteiger partial charge in [0.2, 0.25) is 11.9 Å². The molecule has 0 unspecified atom stereocenters. The molecule has 27 heavy (non-hydrogen) atoms. The van der Waals surface area contributed by atoms with Gasteiger partial charge in [-0.15, -0.1) is 12.4 Å². The van der Waals surface area contributed by atoms with Crippen molar-refractivity contribution < 1.29 is 9.53 Å². The van der Waals surface area contributed by atoms with Crippen molar-refractivity contribution in [3.8, 4) is 0 Å². The van der Waals surface area contributed by atoms with E-state index in [1.54, 1.807) is 7.05 Å². The molecular formula is C19H26ClN5O2. The van der Waals surface area contributed by atoms with Crippen molar-refractivity contribution >= 4 is 30.2 Å². The highest BCUT2D eigenvalue weighted by Gasteiger charge is 2.21. The van der Waals surface area contributed by atoms with Crippen LogP contribution in [0, 0.1) is 6.92 Å². The molecule has 3 rings (SSSR count). The summed E-state index contributed by atoms with van der Waals surface area (Å²) in [6.45, 7) is 6.87. The minimum Gasteiger partial charge on any atom is -0.378 e. The van der Waals surface area contributed by atoms with Gasteiger partial charge in [0.15, 0.2) is 0 Å². The van der Waals surface area contributed by atoms with Gasteiger partial charge < -0.3 is 9.64 Å². The second kappa shape index (κ2) is 9.62. The summed E-state index contributed by atoms with van der Waals surface area (Å²) in [6.07, 6.45) is 1.68. The SMILES string of the molecule is CCCc1nc(N2CCOCC2)nc(N(C)C(=O)c2ccc(C)cc2)n1.Cl. The van der Waals surface area contributed by atoms with E-state index in [-0.39, 0.29) is 18.3 Å². The molecule has 1 fully saturated rings. The van der Waals surface area contributed by atoms with E-state index in [0.717, 1.165) is 31.5 Å². The predicted octanol–water partition coefficient (Wildman–Crippen LogP) is 2.67. The number of hydrogen-bond donors (Lipinski definition) is 0. The van der Waals surface area contributed by atoms with Crippen LogP contribution in [-0.2, 0) is 11.2 Å². The Bertz CT molecular complexity index is 763. The van der Waals surface area contributed by atoms with Crippen molar-refractivity contribution in [1.29, 1.82) is 0 Å². The average molecular weight is 392 g/mol. The number of carbonyl (C=O) groups is 1. The van der Waals surface area contributed by atoms with Crippen LogP contribution in [0.1, 0.15) is 35.1 Å². The lowest BCUT2D eigenvalue weighted by Crippen LogP contribution is -2.38. The Kier molecular flexibility index (Phi) is 7.50. The minimum absolute atomic E-state index is 0. The van der Waals surface area contributed by atoms with Gasteiger partial charge in [-0.05, 0) is 25.5 Å². The highest BCUT2D eigenvalue weighted by Crippen LogP contribution is 2.17. The third kappa shape index (κ3) is 5.14. The number of nitrogens with zero attached hydrogens (tertiary/aromatic N) is 5. The van der Waals surface area contributed by atoms with Crippen molar-refractivity contribution in [2.75, 3.05) is 43.2 Å². The number of aryl methyl sites for hydroxylation is 2. The average Bonchev–Trinajstić information content (AvgIpc) is 2.68. The fraction of sp³-hybridized carbons (Fsp3) is 0.474. The summed E-state index contributed by atoms with van der Waals surface area (Å²) < 4.78 is 5.40. The number of benzene rings is 1. The summed E-state index contributed by atoms with van der Waals surface area (Å²) in [7, 11) is 1.70. The Morgan fingerprint density at radius 3 is 2.44 bits per heavy atom. The summed E-state index contributed by atoms with van der Waals surface area (Å²) in [4.78, 5) is 30.0. The summed E-state index contributed by atoms with van der Waals surface area (Å²) >= 11 is 0. The first-order chi connectivity index (χ1) is 12.6. The van der Waals surface area contributed by atoms with Crippen molar-refractivity contribution in [2.24, 2.45) is 0 Å². The number of aromatic nitrogens is 3. The first-order valence-electron chi connectivity index (χ1n) is 9.01. The molecule has 0 bridgehead atoms. The smallest absolute Gasteiger partial charge is 0.260 e. The summed E-state index contributed by atoms with van der Waals surface area (Å²) in [5, 5.41) is 0. The van der Waals surface area contributed by atoms with E-state index in [4.69, 9.17) is 4.74 Å². The molecule has 1 aliphatic heterocycles. The number of anilines is 2. The van der Waals surface area contributed by atoms with Crippen LogP contribution in [0.3, 0.4) is 0 Å². The Labute approximate surface area is 166 Å². The van der Waals surface area contributed by atoms with E-state index in [2.05, 4.69) is 26.8 Å². The largest absolute Gasteiger partial charge is 0.378 e. The zero-order valence-corrected chi connectivity index (χ0v) is 16.8. The van der Waals surface area contributed by atoms with Gasteiger partial charge in [0.1, 0.15) is 5.82 Å². The molecule has 146 valence electrons. The van der Waals surface area contributed by atoms with Crippen LogP contribution in [-0.4, -0.2) is 54.2 Å². The third-order valence-corrected chi connectivity index (χ3v) is 4.33. The van der Waals surface area contributed by atoms with E-state index < -0.39 is 0 Å². The van der Waals surface area contributed by atoms with E-state index in [0.29, 0.717) is 36.5 Å². The van der Waals surface area contributed by atoms with E-state index in [9.17, 15) is 4.79 Å². The van der Waals surface area contributed by atoms with Crippen molar-refractivity contribution in [2.45, 2.75) is 26.7 Å². The zero-order chi connectivity index (χ0) is 18.5. The Morgan fingerprint density at radius 1 is 1.15 bits per heavy atom. The highest BCUT2D eigenvalue weighted by atomic mass is 35.5. The van der Waals surface area contributed by atoms with Crippen LogP contribution < -0.4 is 9.80 Å². The first kappa shape index (κ1) is 21.1. The normalized spacial score (nSPS) is 13.8. The molecule has 0 atom stereocenters. The molecule has 7 nitrogen and oxygen atoms in total. The lowest BCUT2D eigenvalue weighted by molar-refractivity contribution is 0.0991. The Morgan fingerprint density at radius 2 is 1.81 bits per heavy atom. The van der Waals surface area contributed by atoms with Gasteiger partial charge >= 0.3 is 0 Å². The Balaban J connectivity index is 0.00000261. The van der Waals surface area contributed by atoms with Gasteiger partial charge in [0.25, 0.3) is 5.91 Å². The monoisotopic (exact) mass is 391 g/mol. The second-order valence-corrected chi connectivity index (χ2v) is 6.43. The van der Waals surface area contributed by atoms with Gasteiger partial charge in [-0.2, -0.15) is 15.0 Å². The molecule has 2 heterocycles. The number of carbonyl (C=O) groups excluding carboxylic acids is 1. The molecule has 0 N–H and O–H groups in total. The van der Waals surface area contributed by atoms with Crippen LogP contribution in [0.2, 0.25) is 0 Å². The van der Waals surface area contributed by atoms with Crippen molar-refractivity contribution in [3.63, 3.8) is 0 Å². The maximum atomic E-state index is 12.8. The maximum Gasteiger partial charge on any atom is 0.260 e.